The molecule has 0 rings (SSSR count). The Labute approximate surface area is 568 Å². The van der Waals surface area contributed by atoms with E-state index in [1.54, 1.807) is 0 Å². The SMILES string of the molecule is CCCCCCCCCCCCCCCCCCCCCCCCC(=O)O[C@H](COC(=O)CCCCCCCCCCCCCCC)COP(=O)(O)OC[C@@H](O)COP(=O)(O)OC[C@@H](COC(=O)CCCCCCCCC)OC(=O)CCCCCCCCCCCCC. The first-order valence-electron chi connectivity index (χ1n) is 38.8. The standard InChI is InChI=1S/C74H144O17P2/c1-5-9-13-17-21-24-27-29-30-31-32-33-34-35-36-37-39-42-45-49-53-57-61-74(79)91-70(65-85-72(77)59-55-51-47-43-41-38-28-25-22-18-14-10-6-2)67-89-93(82,83)87-63-68(75)62-86-92(80,81)88-66-69(64-84-71(76)58-54-50-46-20-16-12-8-4)90-73(78)60-56-52-48-44-40-26-23-19-15-11-7-3/h68-70,75H,5-67H2,1-4H3,(H,80,81)(H,82,83)/t68-,69+,70+/m0/s1. The second-order valence-corrected chi connectivity index (χ2v) is 29.6. The van der Waals surface area contributed by atoms with Crippen molar-refractivity contribution in [1.29, 1.82) is 0 Å². The lowest BCUT2D eigenvalue weighted by Gasteiger charge is -2.21. The van der Waals surface area contributed by atoms with E-state index in [0.29, 0.717) is 25.7 Å². The van der Waals surface area contributed by atoms with Crippen LogP contribution in [0.4, 0.5) is 0 Å². The molecular formula is C74H144O17P2. The topological polar surface area (TPSA) is 237 Å². The number of phosphoric ester groups is 2. The number of esters is 4. The molecule has 0 aliphatic rings. The average Bonchev–Trinajstić information content (AvgIpc) is 1.74. The van der Waals surface area contributed by atoms with Gasteiger partial charge in [-0.05, 0) is 25.7 Å². The van der Waals surface area contributed by atoms with Crippen molar-refractivity contribution >= 4 is 39.5 Å². The Balaban J connectivity index is 5.13. The highest BCUT2D eigenvalue weighted by Crippen LogP contribution is 2.45. The minimum Gasteiger partial charge on any atom is -0.462 e. The third-order valence-corrected chi connectivity index (χ3v) is 19.3. The second kappa shape index (κ2) is 68.6. The molecular weight excluding hydrogens is 1220 g/mol. The zero-order chi connectivity index (χ0) is 68.2. The van der Waals surface area contributed by atoms with E-state index in [1.807, 2.05) is 0 Å². The fraction of sp³-hybridized carbons (Fsp3) is 0.946. The molecule has 0 spiro atoms. The van der Waals surface area contributed by atoms with Crippen LogP contribution in [0.2, 0.25) is 0 Å². The van der Waals surface area contributed by atoms with Crippen LogP contribution in [-0.4, -0.2) is 96.7 Å². The Kier molecular flexibility index (Phi) is 67.1. The second-order valence-electron chi connectivity index (χ2n) is 26.7. The van der Waals surface area contributed by atoms with E-state index >= 15 is 0 Å². The quantitative estimate of drug-likeness (QED) is 0.0222. The van der Waals surface area contributed by atoms with Crippen LogP contribution in [0, 0.1) is 0 Å². The summed E-state index contributed by atoms with van der Waals surface area (Å²) in [5.41, 5.74) is 0. The lowest BCUT2D eigenvalue weighted by molar-refractivity contribution is -0.161. The van der Waals surface area contributed by atoms with Gasteiger partial charge in [-0.2, -0.15) is 0 Å². The number of aliphatic hydroxyl groups excluding tert-OH is 1. The van der Waals surface area contributed by atoms with Crippen LogP contribution in [0.25, 0.3) is 0 Å². The number of hydrogen-bond acceptors (Lipinski definition) is 15. The van der Waals surface area contributed by atoms with Crippen molar-refractivity contribution < 1.29 is 80.2 Å². The fourth-order valence-corrected chi connectivity index (χ4v) is 13.0. The third-order valence-electron chi connectivity index (χ3n) is 17.4. The summed E-state index contributed by atoms with van der Waals surface area (Å²) in [5.74, 6) is -2.12. The maximum absolute atomic E-state index is 13.1. The summed E-state index contributed by atoms with van der Waals surface area (Å²) in [6, 6.07) is 0. The summed E-state index contributed by atoms with van der Waals surface area (Å²) >= 11 is 0. The van der Waals surface area contributed by atoms with Gasteiger partial charge in [0.15, 0.2) is 12.2 Å². The number of carbonyl (C=O) groups excluding carboxylic acids is 4. The molecule has 0 radical (unpaired) electrons. The Bertz CT molecular complexity index is 1770. The molecule has 0 bridgehead atoms. The summed E-state index contributed by atoms with van der Waals surface area (Å²) in [6.45, 7) is 4.92. The molecule has 0 saturated carbocycles. The Morgan fingerprint density at radius 3 is 0.634 bits per heavy atom. The zero-order valence-corrected chi connectivity index (χ0v) is 62.0. The maximum atomic E-state index is 13.1. The van der Waals surface area contributed by atoms with Gasteiger partial charge in [0.2, 0.25) is 0 Å². The van der Waals surface area contributed by atoms with Gasteiger partial charge in [0.1, 0.15) is 19.3 Å². The number of aliphatic hydroxyl groups is 1. The minimum absolute atomic E-state index is 0.107. The molecule has 3 N–H and O–H groups in total. The predicted molar refractivity (Wildman–Crippen MR) is 377 cm³/mol. The van der Waals surface area contributed by atoms with Gasteiger partial charge in [0.25, 0.3) is 0 Å². The number of ether oxygens (including phenoxy) is 4. The highest BCUT2D eigenvalue weighted by atomic mass is 31.2. The van der Waals surface area contributed by atoms with Crippen LogP contribution in [0.3, 0.4) is 0 Å². The molecule has 0 aliphatic carbocycles. The fourth-order valence-electron chi connectivity index (χ4n) is 11.4. The molecule has 0 saturated heterocycles. The van der Waals surface area contributed by atoms with Crippen molar-refractivity contribution in [3.05, 3.63) is 0 Å². The smallest absolute Gasteiger partial charge is 0.462 e. The summed E-state index contributed by atoms with van der Waals surface area (Å²) in [7, 11) is -9.90. The van der Waals surface area contributed by atoms with Crippen LogP contribution in [0.1, 0.15) is 394 Å². The molecule has 19 heteroatoms. The minimum atomic E-state index is -4.95. The Hall–Kier alpha value is -1.94. The van der Waals surface area contributed by atoms with Crippen molar-refractivity contribution in [2.45, 2.75) is 412 Å². The lowest BCUT2D eigenvalue weighted by atomic mass is 10.0. The van der Waals surface area contributed by atoms with E-state index < -0.39 is 97.5 Å². The molecule has 0 aromatic rings. The van der Waals surface area contributed by atoms with Crippen molar-refractivity contribution in [2.75, 3.05) is 39.6 Å². The van der Waals surface area contributed by atoms with Crippen LogP contribution < -0.4 is 0 Å². The van der Waals surface area contributed by atoms with E-state index in [1.165, 1.54) is 212 Å². The maximum Gasteiger partial charge on any atom is 0.472 e. The molecule has 0 aromatic heterocycles. The number of unbranched alkanes of at least 4 members (excludes halogenated alkanes) is 49. The molecule has 0 aliphatic heterocycles. The largest absolute Gasteiger partial charge is 0.472 e. The molecule has 552 valence electrons. The zero-order valence-electron chi connectivity index (χ0n) is 60.2. The number of carbonyl (C=O) groups is 4. The summed E-state index contributed by atoms with van der Waals surface area (Å²) < 4.78 is 68.3. The van der Waals surface area contributed by atoms with Crippen molar-refractivity contribution in [1.82, 2.24) is 0 Å². The highest BCUT2D eigenvalue weighted by molar-refractivity contribution is 7.47. The Morgan fingerprint density at radius 2 is 0.430 bits per heavy atom. The van der Waals surface area contributed by atoms with Crippen molar-refractivity contribution in [3.63, 3.8) is 0 Å². The molecule has 0 heterocycles. The van der Waals surface area contributed by atoms with Gasteiger partial charge in [-0.3, -0.25) is 37.3 Å². The monoisotopic (exact) mass is 1370 g/mol. The van der Waals surface area contributed by atoms with Crippen LogP contribution >= 0.6 is 15.6 Å². The molecule has 0 amide bonds. The first kappa shape index (κ1) is 91.1. The number of rotatable bonds is 75. The van der Waals surface area contributed by atoms with Gasteiger partial charge in [-0.15, -0.1) is 0 Å². The lowest BCUT2D eigenvalue weighted by Crippen LogP contribution is -2.30. The van der Waals surface area contributed by atoms with Crippen LogP contribution in [0.15, 0.2) is 0 Å². The number of hydrogen-bond donors (Lipinski definition) is 3. The van der Waals surface area contributed by atoms with E-state index in [-0.39, 0.29) is 25.7 Å². The van der Waals surface area contributed by atoms with E-state index in [2.05, 4.69) is 27.7 Å². The normalized spacial score (nSPS) is 13.9. The molecule has 2 unspecified atom stereocenters. The van der Waals surface area contributed by atoms with Gasteiger partial charge < -0.3 is 33.8 Å². The average molecular weight is 1370 g/mol. The molecule has 0 aromatic carbocycles. The van der Waals surface area contributed by atoms with Crippen LogP contribution in [-0.2, 0) is 65.4 Å². The van der Waals surface area contributed by atoms with E-state index in [9.17, 15) is 43.2 Å². The predicted octanol–water partition coefficient (Wildman–Crippen LogP) is 21.8. The first-order chi connectivity index (χ1) is 45.2. The molecule has 17 nitrogen and oxygen atoms in total. The summed E-state index contributed by atoms with van der Waals surface area (Å²) in [4.78, 5) is 72.5. The van der Waals surface area contributed by atoms with E-state index in [0.717, 1.165) is 103 Å². The Morgan fingerprint density at radius 1 is 0.258 bits per heavy atom. The highest BCUT2D eigenvalue weighted by Gasteiger charge is 2.30. The summed E-state index contributed by atoms with van der Waals surface area (Å²) in [6.07, 6.45) is 58.5. The third kappa shape index (κ3) is 68.4. The first-order valence-corrected chi connectivity index (χ1v) is 41.8. The van der Waals surface area contributed by atoms with Gasteiger partial charge in [-0.25, -0.2) is 9.13 Å². The molecule has 5 atom stereocenters. The van der Waals surface area contributed by atoms with Crippen LogP contribution in [0.5, 0.6) is 0 Å². The van der Waals surface area contributed by atoms with Gasteiger partial charge in [0, 0.05) is 25.7 Å². The van der Waals surface area contributed by atoms with E-state index in [4.69, 9.17) is 37.0 Å². The summed E-state index contributed by atoms with van der Waals surface area (Å²) in [5, 5.41) is 10.6. The van der Waals surface area contributed by atoms with Crippen molar-refractivity contribution in [2.24, 2.45) is 0 Å². The molecule has 93 heavy (non-hydrogen) atoms. The van der Waals surface area contributed by atoms with Gasteiger partial charge in [-0.1, -0.05) is 342 Å². The number of phosphoric acid groups is 2. The van der Waals surface area contributed by atoms with Gasteiger partial charge in [0.05, 0.1) is 26.4 Å². The molecule has 0 fully saturated rings. The van der Waals surface area contributed by atoms with Crippen molar-refractivity contribution in [3.8, 4) is 0 Å². The van der Waals surface area contributed by atoms with Gasteiger partial charge >= 0.3 is 39.5 Å².